The van der Waals surface area contributed by atoms with Gasteiger partial charge >= 0.3 is 5.97 Å². The lowest BCUT2D eigenvalue weighted by Crippen LogP contribution is -2.40. The van der Waals surface area contributed by atoms with E-state index in [1.807, 2.05) is 25.1 Å². The highest BCUT2D eigenvalue weighted by Crippen LogP contribution is 2.44. The fourth-order valence-corrected chi connectivity index (χ4v) is 5.51. The van der Waals surface area contributed by atoms with Gasteiger partial charge in [-0.2, -0.15) is 4.98 Å². The van der Waals surface area contributed by atoms with Crippen LogP contribution in [0, 0.1) is 12.8 Å². The second-order valence-corrected chi connectivity index (χ2v) is 9.18. The Hall–Kier alpha value is -2.58. The van der Waals surface area contributed by atoms with Crippen LogP contribution in [-0.4, -0.2) is 49.9 Å². The molecular formula is C23H26ClN3O4S. The smallest absolute Gasteiger partial charge is 0.310 e. The zero-order valence-electron chi connectivity index (χ0n) is 18.6. The number of methoxy groups -OCH3 is 2. The first kappa shape index (κ1) is 22.6. The molecule has 0 saturated carbocycles. The van der Waals surface area contributed by atoms with E-state index in [9.17, 15) is 4.79 Å². The molecule has 0 radical (unpaired) electrons. The number of ether oxygens (including phenoxy) is 3. The normalized spacial score (nSPS) is 16.3. The molecule has 2 aromatic heterocycles. The van der Waals surface area contributed by atoms with Crippen molar-refractivity contribution in [3.8, 4) is 22.6 Å². The average Bonchev–Trinajstić information content (AvgIpc) is 3.13. The molecule has 7 nitrogen and oxygen atoms in total. The van der Waals surface area contributed by atoms with Gasteiger partial charge in [0.2, 0.25) is 5.28 Å². The Morgan fingerprint density at radius 2 is 2.03 bits per heavy atom. The van der Waals surface area contributed by atoms with Crippen molar-refractivity contribution in [2.75, 3.05) is 38.8 Å². The van der Waals surface area contributed by atoms with E-state index in [0.717, 1.165) is 51.4 Å². The number of piperidine rings is 1. The highest BCUT2D eigenvalue weighted by atomic mass is 35.5. The molecular weight excluding hydrogens is 450 g/mol. The van der Waals surface area contributed by atoms with Crippen molar-refractivity contribution in [1.82, 2.24) is 9.97 Å². The maximum Gasteiger partial charge on any atom is 0.310 e. The molecule has 0 N–H and O–H groups in total. The number of carbonyl (C=O) groups excluding carboxylic acids is 1. The van der Waals surface area contributed by atoms with Gasteiger partial charge in [-0.3, -0.25) is 4.79 Å². The molecule has 1 aliphatic rings. The number of hydrogen-bond acceptors (Lipinski definition) is 8. The minimum atomic E-state index is -0.184. The molecule has 32 heavy (non-hydrogen) atoms. The third-order valence-electron chi connectivity index (χ3n) is 5.69. The van der Waals surface area contributed by atoms with E-state index in [-0.39, 0.29) is 17.2 Å². The van der Waals surface area contributed by atoms with E-state index in [1.54, 1.807) is 25.6 Å². The molecule has 4 rings (SSSR count). The summed E-state index contributed by atoms with van der Waals surface area (Å²) in [6, 6.07) is 5.86. The summed E-state index contributed by atoms with van der Waals surface area (Å²) in [5.74, 6) is 1.73. The highest BCUT2D eigenvalue weighted by Gasteiger charge is 2.30. The predicted octanol–water partition coefficient (Wildman–Crippen LogP) is 5.12. The third kappa shape index (κ3) is 4.21. The minimum Gasteiger partial charge on any atom is -0.493 e. The minimum absolute atomic E-state index is 0.157. The summed E-state index contributed by atoms with van der Waals surface area (Å²) in [6.07, 6.45) is 1.68. The Balaban J connectivity index is 1.83. The Morgan fingerprint density at radius 3 is 2.75 bits per heavy atom. The molecule has 1 atom stereocenters. The zero-order chi connectivity index (χ0) is 22.8. The molecule has 1 saturated heterocycles. The summed E-state index contributed by atoms with van der Waals surface area (Å²) in [4.78, 5) is 25.6. The van der Waals surface area contributed by atoms with Crippen LogP contribution in [0.3, 0.4) is 0 Å². The molecule has 0 amide bonds. The first-order chi connectivity index (χ1) is 15.5. The van der Waals surface area contributed by atoms with Crippen molar-refractivity contribution in [3.05, 3.63) is 28.4 Å². The number of anilines is 1. The van der Waals surface area contributed by atoms with Crippen molar-refractivity contribution in [1.29, 1.82) is 0 Å². The topological polar surface area (TPSA) is 73.8 Å². The fraction of sp³-hybridized carbons (Fsp3) is 0.435. The van der Waals surface area contributed by atoms with Gasteiger partial charge in [0.25, 0.3) is 0 Å². The zero-order valence-corrected chi connectivity index (χ0v) is 20.2. The second-order valence-electron chi connectivity index (χ2n) is 7.64. The Morgan fingerprint density at radius 1 is 1.25 bits per heavy atom. The van der Waals surface area contributed by atoms with Crippen LogP contribution in [0.25, 0.3) is 21.3 Å². The van der Waals surface area contributed by atoms with Gasteiger partial charge in [0.15, 0.2) is 11.5 Å². The summed E-state index contributed by atoms with van der Waals surface area (Å²) in [6.45, 7) is 5.61. The number of aryl methyl sites for hydroxylation is 1. The van der Waals surface area contributed by atoms with Crippen molar-refractivity contribution in [2.45, 2.75) is 26.7 Å². The van der Waals surface area contributed by atoms with E-state index in [2.05, 4.69) is 21.8 Å². The van der Waals surface area contributed by atoms with Gasteiger partial charge in [-0.25, -0.2) is 4.98 Å². The van der Waals surface area contributed by atoms with Crippen molar-refractivity contribution >= 4 is 44.9 Å². The molecule has 0 spiro atoms. The van der Waals surface area contributed by atoms with Crippen LogP contribution in [0.5, 0.6) is 11.5 Å². The molecule has 1 fully saturated rings. The number of aromatic nitrogens is 2. The van der Waals surface area contributed by atoms with Gasteiger partial charge in [-0.15, -0.1) is 11.3 Å². The van der Waals surface area contributed by atoms with Crippen LogP contribution in [-0.2, 0) is 9.53 Å². The van der Waals surface area contributed by atoms with Gasteiger partial charge in [-0.1, -0.05) is 6.07 Å². The van der Waals surface area contributed by atoms with E-state index >= 15 is 0 Å². The quantitative estimate of drug-likeness (QED) is 0.362. The average molecular weight is 476 g/mol. The Kier molecular flexibility index (Phi) is 6.71. The van der Waals surface area contributed by atoms with Gasteiger partial charge in [0.1, 0.15) is 10.6 Å². The lowest BCUT2D eigenvalue weighted by Gasteiger charge is -2.33. The van der Waals surface area contributed by atoms with E-state index in [0.29, 0.717) is 24.7 Å². The molecule has 9 heteroatoms. The van der Waals surface area contributed by atoms with Gasteiger partial charge < -0.3 is 19.1 Å². The second kappa shape index (κ2) is 9.50. The largest absolute Gasteiger partial charge is 0.493 e. The maximum atomic E-state index is 12.4. The van der Waals surface area contributed by atoms with Crippen LogP contribution in [0.1, 0.15) is 24.6 Å². The van der Waals surface area contributed by atoms with Gasteiger partial charge in [0, 0.05) is 23.5 Å². The molecule has 170 valence electrons. The summed E-state index contributed by atoms with van der Waals surface area (Å²) in [5.41, 5.74) is 2.02. The standard InChI is InChI=1S/C23H26ClN3O4S/c1-5-31-22(28)15-7-6-10-27(12-15)20-19-18(13(2)32-21(19)26-23(24)25-20)14-8-9-16(29-3)17(11-14)30-4/h8-9,11,15H,5-7,10,12H2,1-4H3. The molecule has 1 aliphatic heterocycles. The lowest BCUT2D eigenvalue weighted by atomic mass is 9.97. The number of hydrogen-bond donors (Lipinski definition) is 0. The van der Waals surface area contributed by atoms with Crippen LogP contribution >= 0.6 is 22.9 Å². The van der Waals surface area contributed by atoms with Crippen molar-refractivity contribution < 1.29 is 19.0 Å². The molecule has 0 bridgehead atoms. The molecule has 3 aromatic rings. The van der Waals surface area contributed by atoms with E-state index in [4.69, 9.17) is 25.8 Å². The number of benzene rings is 1. The van der Waals surface area contributed by atoms with Crippen molar-refractivity contribution in [2.24, 2.45) is 5.92 Å². The van der Waals surface area contributed by atoms with Crippen LogP contribution < -0.4 is 14.4 Å². The summed E-state index contributed by atoms with van der Waals surface area (Å²) < 4.78 is 16.2. The van der Waals surface area contributed by atoms with Gasteiger partial charge in [-0.05, 0) is 56.0 Å². The fourth-order valence-electron chi connectivity index (χ4n) is 4.26. The molecule has 1 aromatic carbocycles. The van der Waals surface area contributed by atoms with E-state index in [1.165, 1.54) is 0 Å². The van der Waals surface area contributed by atoms with Crippen LogP contribution in [0.15, 0.2) is 18.2 Å². The number of fused-ring (bicyclic) bond motifs is 1. The summed E-state index contributed by atoms with van der Waals surface area (Å²) >= 11 is 7.89. The first-order valence-electron chi connectivity index (χ1n) is 10.6. The maximum absolute atomic E-state index is 12.4. The molecule has 1 unspecified atom stereocenters. The number of nitrogens with zero attached hydrogens (tertiary/aromatic N) is 3. The monoisotopic (exact) mass is 475 g/mol. The van der Waals surface area contributed by atoms with E-state index < -0.39 is 0 Å². The Bertz CT molecular complexity index is 1150. The van der Waals surface area contributed by atoms with Crippen molar-refractivity contribution in [3.63, 3.8) is 0 Å². The summed E-state index contributed by atoms with van der Waals surface area (Å²) in [7, 11) is 3.24. The van der Waals surface area contributed by atoms with Crippen LogP contribution in [0.2, 0.25) is 5.28 Å². The molecule has 0 aliphatic carbocycles. The molecule has 3 heterocycles. The first-order valence-corrected chi connectivity index (χ1v) is 11.8. The summed E-state index contributed by atoms with van der Waals surface area (Å²) in [5, 5.41) is 1.14. The third-order valence-corrected chi connectivity index (χ3v) is 6.86. The number of halogens is 1. The highest BCUT2D eigenvalue weighted by molar-refractivity contribution is 7.19. The van der Waals surface area contributed by atoms with Gasteiger partial charge in [0.05, 0.1) is 32.1 Å². The number of rotatable bonds is 6. The number of esters is 1. The lowest BCUT2D eigenvalue weighted by molar-refractivity contribution is -0.148. The number of carbonyl (C=O) groups is 1. The Labute approximate surface area is 196 Å². The number of thiophene rings is 1. The van der Waals surface area contributed by atoms with Crippen LogP contribution in [0.4, 0.5) is 5.82 Å². The SMILES string of the molecule is CCOC(=O)C1CCCN(c2nc(Cl)nc3sc(C)c(-c4ccc(OC)c(OC)c4)c23)C1. The predicted molar refractivity (Wildman–Crippen MR) is 127 cm³/mol.